The monoisotopic (exact) mass is 488 g/mol. The van der Waals surface area contributed by atoms with Crippen LogP contribution in [-0.2, 0) is 16.0 Å². The summed E-state index contributed by atoms with van der Waals surface area (Å²) in [5.41, 5.74) is 7.63. The van der Waals surface area contributed by atoms with Gasteiger partial charge >= 0.3 is 0 Å². The zero-order valence-electron chi connectivity index (χ0n) is 20.7. The molecule has 0 aliphatic rings. The van der Waals surface area contributed by atoms with E-state index in [0.717, 1.165) is 62.9 Å². The number of rotatable bonds is 13. The number of nitrogens with two attached hydrogens (primary N) is 1. The summed E-state index contributed by atoms with van der Waals surface area (Å²) in [6, 6.07) is 5.87. The maximum absolute atomic E-state index is 11.7. The minimum absolute atomic E-state index is 0. The molecule has 0 aliphatic carbocycles. The molecule has 0 bridgehead atoms. The van der Waals surface area contributed by atoms with Crippen LogP contribution in [0, 0.1) is 5.92 Å². The van der Waals surface area contributed by atoms with E-state index >= 15 is 0 Å². The SMILES string of the molecule is CCC(CN(C)C(C)=O)C[N+](C)(CCCCc1ccc(N)c(Cl)c1)CCN(C)C(C)=O.[Cl-]. The van der Waals surface area contributed by atoms with Crippen molar-refractivity contribution in [2.24, 2.45) is 5.92 Å². The Morgan fingerprint density at radius 1 is 1.09 bits per heavy atom. The van der Waals surface area contributed by atoms with E-state index in [0.29, 0.717) is 16.6 Å². The second-order valence-electron chi connectivity index (χ2n) is 9.18. The van der Waals surface area contributed by atoms with E-state index in [1.165, 1.54) is 5.56 Å². The molecule has 0 radical (unpaired) electrons. The second-order valence-corrected chi connectivity index (χ2v) is 9.58. The van der Waals surface area contributed by atoms with Crippen molar-refractivity contribution in [1.82, 2.24) is 9.80 Å². The van der Waals surface area contributed by atoms with Crippen LogP contribution in [-0.4, -0.2) is 80.0 Å². The van der Waals surface area contributed by atoms with Gasteiger partial charge in [0.25, 0.3) is 0 Å². The Morgan fingerprint density at radius 2 is 1.72 bits per heavy atom. The third-order valence-electron chi connectivity index (χ3n) is 6.34. The summed E-state index contributed by atoms with van der Waals surface area (Å²) in [4.78, 5) is 27.0. The molecule has 0 spiro atoms. The molecule has 8 heteroatoms. The molecule has 0 heterocycles. The van der Waals surface area contributed by atoms with Crippen LogP contribution >= 0.6 is 11.6 Å². The lowest BCUT2D eigenvalue weighted by atomic mass is 10.0. The van der Waals surface area contributed by atoms with Crippen molar-refractivity contribution in [3.8, 4) is 0 Å². The standard InChI is InChI=1S/C24H42ClN4O2.ClH/c1-7-21(17-28(5)20(3)31)18-29(6,15-13-27(4)19(2)30)14-9-8-10-22-11-12-24(26)23(25)16-22;/h11-12,16,21H,7-10,13-15,17-18,26H2,1-6H3;1H/q+1;/p-1. The predicted octanol–water partition coefficient (Wildman–Crippen LogP) is 0.678. The van der Waals surface area contributed by atoms with Crippen molar-refractivity contribution in [2.45, 2.75) is 46.5 Å². The first-order chi connectivity index (χ1) is 14.5. The molecular formula is C24H42Cl2N4O2. The van der Waals surface area contributed by atoms with Crippen LogP contribution in [0.5, 0.6) is 0 Å². The number of carbonyl (C=O) groups is 2. The summed E-state index contributed by atoms with van der Waals surface area (Å²) in [7, 11) is 6.01. The largest absolute Gasteiger partial charge is 1.00 e. The fourth-order valence-electron chi connectivity index (χ4n) is 3.85. The van der Waals surface area contributed by atoms with Crippen LogP contribution < -0.4 is 18.1 Å². The highest BCUT2D eigenvalue weighted by Crippen LogP contribution is 2.21. The smallest absolute Gasteiger partial charge is 0.219 e. The van der Waals surface area contributed by atoms with Crippen LogP contribution in [0.2, 0.25) is 5.02 Å². The van der Waals surface area contributed by atoms with Gasteiger partial charge in [0.05, 0.1) is 43.9 Å². The van der Waals surface area contributed by atoms with Gasteiger partial charge < -0.3 is 32.4 Å². The summed E-state index contributed by atoms with van der Waals surface area (Å²) in [6.45, 7) is 9.86. The van der Waals surface area contributed by atoms with Crippen LogP contribution in [0.1, 0.15) is 45.6 Å². The molecule has 0 aromatic heterocycles. The van der Waals surface area contributed by atoms with Crippen LogP contribution in [0.3, 0.4) is 0 Å². The number of anilines is 1. The number of hydrogen-bond donors (Lipinski definition) is 1. The van der Waals surface area contributed by atoms with Gasteiger partial charge in [-0.3, -0.25) is 9.59 Å². The number of benzene rings is 1. The summed E-state index contributed by atoms with van der Waals surface area (Å²) >= 11 is 6.14. The first kappa shape index (κ1) is 30.5. The zero-order valence-corrected chi connectivity index (χ0v) is 22.2. The van der Waals surface area contributed by atoms with Crippen molar-refractivity contribution in [2.75, 3.05) is 59.6 Å². The molecular weight excluding hydrogens is 447 g/mol. The topological polar surface area (TPSA) is 66.6 Å². The number of hydrogen-bond acceptors (Lipinski definition) is 3. The average Bonchev–Trinajstić information content (AvgIpc) is 2.71. The van der Waals surface area contributed by atoms with Gasteiger partial charge in [0.1, 0.15) is 0 Å². The number of quaternary nitrogens is 1. The number of nitrogens with zero attached hydrogens (tertiary/aromatic N) is 3. The quantitative estimate of drug-likeness (QED) is 0.252. The van der Waals surface area contributed by atoms with Gasteiger partial charge in [-0.15, -0.1) is 0 Å². The van der Waals surface area contributed by atoms with Crippen LogP contribution in [0.25, 0.3) is 0 Å². The molecule has 1 aromatic carbocycles. The number of carbonyl (C=O) groups excluding carboxylic acids is 2. The number of halogens is 2. The molecule has 0 saturated carbocycles. The maximum atomic E-state index is 11.7. The molecule has 0 fully saturated rings. The molecule has 2 unspecified atom stereocenters. The summed E-state index contributed by atoms with van der Waals surface area (Å²) < 4.78 is 0.893. The average molecular weight is 490 g/mol. The van der Waals surface area contributed by atoms with Crippen LogP contribution in [0.15, 0.2) is 18.2 Å². The van der Waals surface area contributed by atoms with Gasteiger partial charge in [-0.05, 0) is 43.4 Å². The van der Waals surface area contributed by atoms with Crippen molar-refractivity contribution < 1.29 is 26.5 Å². The molecule has 2 amide bonds. The minimum atomic E-state index is 0. The highest BCUT2D eigenvalue weighted by atomic mass is 35.5. The van der Waals surface area contributed by atoms with Crippen molar-refractivity contribution in [1.29, 1.82) is 0 Å². The number of likely N-dealkylation sites (N-methyl/N-ethyl adjacent to an activating group) is 2. The normalized spacial score (nSPS) is 13.6. The minimum Gasteiger partial charge on any atom is -1.00 e. The van der Waals surface area contributed by atoms with Gasteiger partial charge in [-0.2, -0.15) is 0 Å². The molecule has 32 heavy (non-hydrogen) atoms. The first-order valence-electron chi connectivity index (χ1n) is 11.3. The van der Waals surface area contributed by atoms with Gasteiger partial charge in [-0.1, -0.05) is 24.6 Å². The van der Waals surface area contributed by atoms with Crippen LogP contribution in [0.4, 0.5) is 5.69 Å². The van der Waals surface area contributed by atoms with E-state index in [-0.39, 0.29) is 24.2 Å². The zero-order chi connectivity index (χ0) is 23.6. The summed E-state index contributed by atoms with van der Waals surface area (Å²) in [5.74, 6) is 0.624. The maximum Gasteiger partial charge on any atom is 0.219 e. The van der Waals surface area contributed by atoms with E-state index in [4.69, 9.17) is 17.3 Å². The predicted molar refractivity (Wildman–Crippen MR) is 130 cm³/mol. The third-order valence-corrected chi connectivity index (χ3v) is 6.66. The second kappa shape index (κ2) is 14.6. The molecule has 0 saturated heterocycles. The fourth-order valence-corrected chi connectivity index (χ4v) is 4.05. The Balaban J connectivity index is 0.00000961. The number of nitrogen functional groups attached to an aromatic ring is 1. The highest BCUT2D eigenvalue weighted by Gasteiger charge is 2.27. The molecule has 1 rings (SSSR count). The van der Waals surface area contributed by atoms with Crippen molar-refractivity contribution in [3.05, 3.63) is 28.8 Å². The summed E-state index contributed by atoms with van der Waals surface area (Å²) in [5, 5.41) is 0.616. The summed E-state index contributed by atoms with van der Waals surface area (Å²) in [6.07, 6.45) is 4.15. The third kappa shape index (κ3) is 10.9. The Hall–Kier alpha value is -1.50. The van der Waals surface area contributed by atoms with E-state index in [1.807, 2.05) is 37.2 Å². The Bertz CT molecular complexity index is 732. The van der Waals surface area contributed by atoms with E-state index in [1.54, 1.807) is 18.7 Å². The first-order valence-corrected chi connectivity index (χ1v) is 11.7. The van der Waals surface area contributed by atoms with Crippen molar-refractivity contribution >= 4 is 29.1 Å². The molecule has 2 atom stereocenters. The number of amides is 2. The Kier molecular flexibility index (Phi) is 13.9. The number of aryl methyl sites for hydroxylation is 1. The Morgan fingerprint density at radius 3 is 2.25 bits per heavy atom. The lowest BCUT2D eigenvalue weighted by Gasteiger charge is -2.39. The molecule has 2 N–H and O–H groups in total. The molecule has 6 nitrogen and oxygen atoms in total. The lowest BCUT2D eigenvalue weighted by Crippen LogP contribution is -3.00. The fraction of sp³-hybridized carbons (Fsp3) is 0.667. The van der Waals surface area contributed by atoms with Crippen molar-refractivity contribution in [3.63, 3.8) is 0 Å². The van der Waals surface area contributed by atoms with E-state index < -0.39 is 0 Å². The molecule has 184 valence electrons. The van der Waals surface area contributed by atoms with E-state index in [9.17, 15) is 9.59 Å². The highest BCUT2D eigenvalue weighted by molar-refractivity contribution is 6.33. The van der Waals surface area contributed by atoms with E-state index in [2.05, 4.69) is 14.0 Å². The van der Waals surface area contributed by atoms with Gasteiger partial charge in [0.15, 0.2) is 0 Å². The van der Waals surface area contributed by atoms with Gasteiger partial charge in [0, 0.05) is 40.4 Å². The number of unbranched alkanes of at least 4 members (excludes halogenated alkanes) is 1. The Labute approximate surface area is 206 Å². The molecule has 0 aliphatic heterocycles. The lowest BCUT2D eigenvalue weighted by molar-refractivity contribution is -0.912. The van der Waals surface area contributed by atoms with Gasteiger partial charge in [-0.25, -0.2) is 0 Å². The molecule has 1 aromatic rings. The van der Waals surface area contributed by atoms with Gasteiger partial charge in [0.2, 0.25) is 11.8 Å².